The van der Waals surface area contributed by atoms with Crippen LogP contribution in [0.4, 0.5) is 5.69 Å². The maximum absolute atomic E-state index is 12.3. The predicted molar refractivity (Wildman–Crippen MR) is 130 cm³/mol. The quantitative estimate of drug-likeness (QED) is 0.341. The van der Waals surface area contributed by atoms with Gasteiger partial charge < -0.3 is 9.88 Å². The Bertz CT molecular complexity index is 1230. The van der Waals surface area contributed by atoms with Gasteiger partial charge in [-0.25, -0.2) is 0 Å². The summed E-state index contributed by atoms with van der Waals surface area (Å²) in [5.41, 5.74) is 5.22. The van der Waals surface area contributed by atoms with Gasteiger partial charge in [-0.3, -0.25) is 4.79 Å². The van der Waals surface area contributed by atoms with E-state index in [0.29, 0.717) is 15.9 Å². The Labute approximate surface area is 194 Å². The lowest BCUT2D eigenvalue weighted by atomic mass is 10.0. The van der Waals surface area contributed by atoms with Gasteiger partial charge in [0.05, 0.1) is 16.5 Å². The standard InChI is InChI=1S/C23H21ClN4OS2/c1-14-8-10-16(11-9-14)21-15(2)30-12-17(21)22-26-27-23(28(22)3)31-13-20(29)25-19-7-5-4-6-18(19)24/h4-12H,13H2,1-3H3,(H,25,29). The molecule has 2 heterocycles. The summed E-state index contributed by atoms with van der Waals surface area (Å²) in [5, 5.41) is 14.9. The van der Waals surface area contributed by atoms with Crippen molar-refractivity contribution in [2.45, 2.75) is 19.0 Å². The summed E-state index contributed by atoms with van der Waals surface area (Å²) < 4.78 is 1.94. The Hall–Kier alpha value is -2.61. The molecule has 31 heavy (non-hydrogen) atoms. The van der Waals surface area contributed by atoms with Crippen LogP contribution in [0.1, 0.15) is 10.4 Å². The maximum Gasteiger partial charge on any atom is 0.234 e. The van der Waals surface area contributed by atoms with E-state index < -0.39 is 0 Å². The number of aryl methyl sites for hydroxylation is 2. The zero-order chi connectivity index (χ0) is 22.0. The average Bonchev–Trinajstić information content (AvgIpc) is 3.31. The molecule has 4 rings (SSSR count). The number of thiophene rings is 1. The van der Waals surface area contributed by atoms with Crippen LogP contribution in [0.15, 0.2) is 59.1 Å². The highest BCUT2D eigenvalue weighted by Crippen LogP contribution is 2.39. The second kappa shape index (κ2) is 9.26. The molecular weight excluding hydrogens is 448 g/mol. The zero-order valence-corrected chi connectivity index (χ0v) is 19.7. The number of halogens is 1. The third-order valence-electron chi connectivity index (χ3n) is 4.87. The molecule has 0 bridgehead atoms. The summed E-state index contributed by atoms with van der Waals surface area (Å²) in [4.78, 5) is 13.6. The molecule has 8 heteroatoms. The Kier molecular flexibility index (Phi) is 6.46. The van der Waals surface area contributed by atoms with Crippen molar-refractivity contribution in [3.05, 3.63) is 69.4 Å². The van der Waals surface area contributed by atoms with Gasteiger partial charge in [0.2, 0.25) is 5.91 Å². The molecule has 4 aromatic rings. The minimum Gasteiger partial charge on any atom is -0.324 e. The number of nitrogens with zero attached hydrogens (tertiary/aromatic N) is 3. The number of rotatable bonds is 6. The summed E-state index contributed by atoms with van der Waals surface area (Å²) >= 11 is 9.15. The lowest BCUT2D eigenvalue weighted by molar-refractivity contribution is -0.113. The number of thioether (sulfide) groups is 1. The summed E-state index contributed by atoms with van der Waals surface area (Å²) in [6, 6.07) is 15.7. The van der Waals surface area contributed by atoms with Gasteiger partial charge in [-0.2, -0.15) is 0 Å². The largest absolute Gasteiger partial charge is 0.324 e. The molecule has 0 saturated carbocycles. The van der Waals surface area contributed by atoms with E-state index in [-0.39, 0.29) is 11.7 Å². The van der Waals surface area contributed by atoms with Gasteiger partial charge in [0.1, 0.15) is 0 Å². The van der Waals surface area contributed by atoms with Crippen LogP contribution in [0.3, 0.4) is 0 Å². The van der Waals surface area contributed by atoms with E-state index in [1.165, 1.54) is 27.8 Å². The first-order valence-corrected chi connectivity index (χ1v) is 11.9. The van der Waals surface area contributed by atoms with E-state index >= 15 is 0 Å². The van der Waals surface area contributed by atoms with Gasteiger partial charge in [0.25, 0.3) is 0 Å². The predicted octanol–water partition coefficient (Wildman–Crippen LogP) is 6.21. The molecule has 2 aromatic heterocycles. The van der Waals surface area contributed by atoms with Crippen molar-refractivity contribution in [1.29, 1.82) is 0 Å². The highest BCUT2D eigenvalue weighted by Gasteiger charge is 2.19. The van der Waals surface area contributed by atoms with Gasteiger partial charge in [0.15, 0.2) is 11.0 Å². The fourth-order valence-corrected chi connectivity index (χ4v) is 5.01. The van der Waals surface area contributed by atoms with Crippen molar-refractivity contribution in [3.8, 4) is 22.5 Å². The molecule has 0 saturated heterocycles. The number of carbonyl (C=O) groups is 1. The van der Waals surface area contributed by atoms with E-state index in [1.54, 1.807) is 23.5 Å². The number of carbonyl (C=O) groups excluding carboxylic acids is 1. The van der Waals surface area contributed by atoms with Gasteiger partial charge in [-0.05, 0) is 31.5 Å². The fourth-order valence-electron chi connectivity index (χ4n) is 3.25. The van der Waals surface area contributed by atoms with Crippen molar-refractivity contribution in [2.75, 3.05) is 11.1 Å². The summed E-state index contributed by atoms with van der Waals surface area (Å²) in [5.74, 6) is 0.855. The Morgan fingerprint density at radius 1 is 1.13 bits per heavy atom. The Morgan fingerprint density at radius 3 is 2.61 bits per heavy atom. The topological polar surface area (TPSA) is 59.8 Å². The van der Waals surface area contributed by atoms with Gasteiger partial charge in [-0.15, -0.1) is 21.5 Å². The molecule has 0 aliphatic rings. The smallest absolute Gasteiger partial charge is 0.234 e. The number of benzene rings is 2. The summed E-state index contributed by atoms with van der Waals surface area (Å²) in [6.45, 7) is 4.20. The molecular formula is C23H21ClN4OS2. The molecule has 1 amide bonds. The molecule has 2 aromatic carbocycles. The van der Waals surface area contributed by atoms with Gasteiger partial charge in [0, 0.05) is 28.4 Å². The number of para-hydroxylation sites is 1. The highest BCUT2D eigenvalue weighted by atomic mass is 35.5. The molecule has 0 aliphatic carbocycles. The third kappa shape index (κ3) is 4.69. The number of hydrogen-bond acceptors (Lipinski definition) is 5. The zero-order valence-electron chi connectivity index (χ0n) is 17.3. The van der Waals surface area contributed by atoms with E-state index in [0.717, 1.165) is 17.0 Å². The molecule has 0 unspecified atom stereocenters. The van der Waals surface area contributed by atoms with Crippen molar-refractivity contribution in [1.82, 2.24) is 14.8 Å². The van der Waals surface area contributed by atoms with Gasteiger partial charge >= 0.3 is 0 Å². The average molecular weight is 469 g/mol. The van der Waals surface area contributed by atoms with Crippen molar-refractivity contribution >= 4 is 46.3 Å². The highest BCUT2D eigenvalue weighted by molar-refractivity contribution is 7.99. The van der Waals surface area contributed by atoms with E-state index in [2.05, 4.69) is 59.0 Å². The third-order valence-corrected chi connectivity index (χ3v) is 7.13. The Morgan fingerprint density at radius 2 is 1.87 bits per heavy atom. The first-order chi connectivity index (χ1) is 14.9. The first kappa shape index (κ1) is 21.6. The normalized spacial score (nSPS) is 11.0. The first-order valence-electron chi connectivity index (χ1n) is 9.66. The number of amides is 1. The SMILES string of the molecule is Cc1ccc(-c2c(-c3nnc(SCC(=O)Nc4ccccc4Cl)n3C)csc2C)cc1. The number of nitrogens with one attached hydrogen (secondary N) is 1. The van der Waals surface area contributed by atoms with Crippen LogP contribution in [0.25, 0.3) is 22.5 Å². The lowest BCUT2D eigenvalue weighted by Crippen LogP contribution is -2.14. The lowest BCUT2D eigenvalue weighted by Gasteiger charge is -2.08. The van der Waals surface area contributed by atoms with Crippen LogP contribution >= 0.6 is 34.7 Å². The number of anilines is 1. The molecule has 1 N–H and O–H groups in total. The monoisotopic (exact) mass is 468 g/mol. The molecule has 0 radical (unpaired) electrons. The van der Waals surface area contributed by atoms with Crippen LogP contribution in [0.5, 0.6) is 0 Å². The molecule has 0 atom stereocenters. The van der Waals surface area contributed by atoms with Crippen LogP contribution in [0, 0.1) is 13.8 Å². The van der Waals surface area contributed by atoms with Gasteiger partial charge in [-0.1, -0.05) is 65.3 Å². The van der Waals surface area contributed by atoms with E-state index in [4.69, 9.17) is 11.6 Å². The van der Waals surface area contributed by atoms with Crippen LogP contribution in [-0.4, -0.2) is 26.4 Å². The molecule has 0 spiro atoms. The fraction of sp³-hybridized carbons (Fsp3) is 0.174. The molecule has 0 aliphatic heterocycles. The van der Waals surface area contributed by atoms with Crippen molar-refractivity contribution in [2.24, 2.45) is 7.05 Å². The molecule has 0 fully saturated rings. The van der Waals surface area contributed by atoms with Crippen molar-refractivity contribution in [3.63, 3.8) is 0 Å². The number of aromatic nitrogens is 3. The van der Waals surface area contributed by atoms with Crippen molar-refractivity contribution < 1.29 is 4.79 Å². The maximum atomic E-state index is 12.3. The molecule has 5 nitrogen and oxygen atoms in total. The van der Waals surface area contributed by atoms with E-state index in [9.17, 15) is 4.79 Å². The second-order valence-electron chi connectivity index (χ2n) is 7.13. The Balaban J connectivity index is 1.52. The summed E-state index contributed by atoms with van der Waals surface area (Å²) in [6.07, 6.45) is 0. The number of hydrogen-bond donors (Lipinski definition) is 1. The minimum atomic E-state index is -0.144. The van der Waals surface area contributed by atoms with Crippen LogP contribution in [0.2, 0.25) is 5.02 Å². The van der Waals surface area contributed by atoms with Crippen LogP contribution in [-0.2, 0) is 11.8 Å². The minimum absolute atomic E-state index is 0.144. The second-order valence-corrected chi connectivity index (χ2v) is 9.56. The van der Waals surface area contributed by atoms with Crippen LogP contribution < -0.4 is 5.32 Å². The molecule has 158 valence electrons. The van der Waals surface area contributed by atoms with E-state index in [1.807, 2.05) is 23.7 Å². The summed E-state index contributed by atoms with van der Waals surface area (Å²) in [7, 11) is 1.93.